The van der Waals surface area contributed by atoms with E-state index in [1.807, 2.05) is 0 Å². The van der Waals surface area contributed by atoms with Crippen molar-refractivity contribution in [3.63, 3.8) is 0 Å². The molecule has 2 heteroatoms. The van der Waals surface area contributed by atoms with E-state index in [1.54, 1.807) is 0 Å². The highest BCUT2D eigenvalue weighted by atomic mass is 31.0. The molecular weight excluding hydrogens is 297 g/mol. The van der Waals surface area contributed by atoms with Gasteiger partial charge in [-0.25, -0.2) is 0 Å². The second kappa shape index (κ2) is 6.10. The van der Waals surface area contributed by atoms with Crippen molar-refractivity contribution in [2.24, 2.45) is 0 Å². The molecule has 4 rings (SSSR count). The predicted molar refractivity (Wildman–Crippen MR) is 103 cm³/mol. The van der Waals surface area contributed by atoms with Crippen LogP contribution in [0, 0.1) is 0 Å². The fourth-order valence-corrected chi connectivity index (χ4v) is 3.45. The first-order valence-corrected chi connectivity index (χ1v) is 8.75. The molecule has 4 aromatic rings. The standard InChI is InChI=1S/C21H18NP/c23-14-13-17-12-11-16-7-4-10-20(21(16)22-17)19-9-3-6-15-5-1-2-8-18(15)19/h1-12H,13-14,23H2. The first-order valence-electron chi connectivity index (χ1n) is 7.94. The number of hydrogen-bond donors (Lipinski definition) is 0. The SMILES string of the molecule is PCCc1ccc2cccc(-c3cccc4ccccc34)c2n1. The summed E-state index contributed by atoms with van der Waals surface area (Å²) in [6, 6.07) is 25.8. The van der Waals surface area contributed by atoms with Crippen molar-refractivity contribution in [2.75, 3.05) is 6.16 Å². The van der Waals surface area contributed by atoms with Crippen LogP contribution in [0.1, 0.15) is 5.69 Å². The Morgan fingerprint density at radius 1 is 0.696 bits per heavy atom. The van der Waals surface area contributed by atoms with Crippen LogP contribution in [0.4, 0.5) is 0 Å². The van der Waals surface area contributed by atoms with Crippen LogP contribution in [-0.4, -0.2) is 11.1 Å². The Hall–Kier alpha value is -2.24. The lowest BCUT2D eigenvalue weighted by Gasteiger charge is -2.10. The maximum atomic E-state index is 4.93. The molecule has 1 heterocycles. The number of aryl methyl sites for hydroxylation is 1. The molecule has 1 atom stereocenters. The molecule has 0 saturated heterocycles. The molecule has 0 aliphatic carbocycles. The van der Waals surface area contributed by atoms with Gasteiger partial charge in [0.15, 0.2) is 0 Å². The van der Waals surface area contributed by atoms with Gasteiger partial charge in [-0.3, -0.25) is 4.98 Å². The highest BCUT2D eigenvalue weighted by molar-refractivity contribution is 7.16. The monoisotopic (exact) mass is 315 g/mol. The molecule has 112 valence electrons. The smallest absolute Gasteiger partial charge is 0.0783 e. The van der Waals surface area contributed by atoms with Crippen LogP contribution in [0.2, 0.25) is 0 Å². The third kappa shape index (κ3) is 2.62. The Balaban J connectivity index is 2.02. The molecule has 0 saturated carbocycles. The fraction of sp³-hybridized carbons (Fsp3) is 0.0952. The van der Waals surface area contributed by atoms with Crippen molar-refractivity contribution in [2.45, 2.75) is 6.42 Å². The molecule has 0 spiro atoms. The zero-order valence-electron chi connectivity index (χ0n) is 12.9. The third-order valence-electron chi connectivity index (χ3n) is 4.26. The summed E-state index contributed by atoms with van der Waals surface area (Å²) in [7, 11) is 2.78. The van der Waals surface area contributed by atoms with Gasteiger partial charge < -0.3 is 0 Å². The van der Waals surface area contributed by atoms with Crippen molar-refractivity contribution in [1.82, 2.24) is 4.98 Å². The highest BCUT2D eigenvalue weighted by Crippen LogP contribution is 2.33. The summed E-state index contributed by atoms with van der Waals surface area (Å²) in [4.78, 5) is 4.93. The summed E-state index contributed by atoms with van der Waals surface area (Å²) in [6.07, 6.45) is 2.03. The van der Waals surface area contributed by atoms with Crippen molar-refractivity contribution in [3.8, 4) is 11.1 Å². The number of nitrogens with zero attached hydrogens (tertiary/aromatic N) is 1. The quantitative estimate of drug-likeness (QED) is 0.457. The van der Waals surface area contributed by atoms with E-state index in [4.69, 9.17) is 4.98 Å². The lowest BCUT2D eigenvalue weighted by molar-refractivity contribution is 1.07. The van der Waals surface area contributed by atoms with Crippen LogP contribution in [0.15, 0.2) is 72.8 Å². The molecule has 23 heavy (non-hydrogen) atoms. The van der Waals surface area contributed by atoms with E-state index in [0.29, 0.717) is 0 Å². The Morgan fingerprint density at radius 2 is 1.43 bits per heavy atom. The van der Waals surface area contributed by atoms with E-state index in [9.17, 15) is 0 Å². The zero-order valence-corrected chi connectivity index (χ0v) is 14.0. The zero-order chi connectivity index (χ0) is 15.6. The van der Waals surface area contributed by atoms with Crippen LogP contribution in [0.5, 0.6) is 0 Å². The van der Waals surface area contributed by atoms with Crippen molar-refractivity contribution >= 4 is 30.9 Å². The Morgan fingerprint density at radius 3 is 2.30 bits per heavy atom. The molecule has 0 N–H and O–H groups in total. The summed E-state index contributed by atoms with van der Waals surface area (Å²) in [5.74, 6) is 0. The predicted octanol–water partition coefficient (Wildman–Crippen LogP) is 5.47. The maximum Gasteiger partial charge on any atom is 0.0783 e. The third-order valence-corrected chi connectivity index (χ3v) is 4.55. The van der Waals surface area contributed by atoms with Crippen molar-refractivity contribution in [1.29, 1.82) is 0 Å². The molecule has 1 unspecified atom stereocenters. The molecule has 3 aromatic carbocycles. The van der Waals surface area contributed by atoms with Gasteiger partial charge in [0.1, 0.15) is 0 Å². The first kappa shape index (κ1) is 14.4. The summed E-state index contributed by atoms with van der Waals surface area (Å²) in [5.41, 5.74) is 4.72. The molecular formula is C21H18NP. The van der Waals surface area contributed by atoms with Gasteiger partial charge in [0, 0.05) is 16.6 Å². The second-order valence-corrected chi connectivity index (χ2v) is 6.32. The normalized spacial score (nSPS) is 11.2. The number of aromatic nitrogens is 1. The second-order valence-electron chi connectivity index (χ2n) is 5.75. The van der Waals surface area contributed by atoms with Gasteiger partial charge in [-0.15, -0.1) is 9.24 Å². The minimum Gasteiger partial charge on any atom is -0.252 e. The number of benzene rings is 3. The summed E-state index contributed by atoms with van der Waals surface area (Å²) in [5, 5.41) is 3.74. The number of fused-ring (bicyclic) bond motifs is 2. The molecule has 0 amide bonds. The Bertz CT molecular complexity index is 986. The van der Waals surface area contributed by atoms with Crippen molar-refractivity contribution < 1.29 is 0 Å². The Kier molecular flexibility index (Phi) is 3.81. The van der Waals surface area contributed by atoms with Crippen LogP contribution < -0.4 is 0 Å². The lowest BCUT2D eigenvalue weighted by atomic mass is 9.96. The molecule has 1 aromatic heterocycles. The number of rotatable bonds is 3. The minimum atomic E-state index is 0.991. The van der Waals surface area contributed by atoms with E-state index in [2.05, 4.69) is 82.0 Å². The highest BCUT2D eigenvalue weighted by Gasteiger charge is 2.09. The average Bonchev–Trinajstić information content (AvgIpc) is 2.61. The van der Waals surface area contributed by atoms with Crippen LogP contribution >= 0.6 is 9.24 Å². The van der Waals surface area contributed by atoms with E-state index in [0.717, 1.165) is 23.8 Å². The number of pyridine rings is 1. The summed E-state index contributed by atoms with van der Waals surface area (Å²) in [6.45, 7) is 0. The summed E-state index contributed by atoms with van der Waals surface area (Å²) >= 11 is 0. The molecule has 0 fully saturated rings. The van der Waals surface area contributed by atoms with E-state index in [-0.39, 0.29) is 0 Å². The molecule has 0 aliphatic rings. The van der Waals surface area contributed by atoms with Gasteiger partial charge >= 0.3 is 0 Å². The van der Waals surface area contributed by atoms with Gasteiger partial charge in [-0.2, -0.15) is 0 Å². The minimum absolute atomic E-state index is 0.991. The van der Waals surface area contributed by atoms with Gasteiger partial charge in [-0.05, 0) is 35.0 Å². The van der Waals surface area contributed by atoms with E-state index in [1.165, 1.54) is 27.3 Å². The summed E-state index contributed by atoms with van der Waals surface area (Å²) < 4.78 is 0. The van der Waals surface area contributed by atoms with Crippen LogP contribution in [0.25, 0.3) is 32.8 Å². The number of para-hydroxylation sites is 1. The van der Waals surface area contributed by atoms with Gasteiger partial charge in [0.25, 0.3) is 0 Å². The van der Waals surface area contributed by atoms with E-state index >= 15 is 0 Å². The first-order chi connectivity index (χ1) is 11.4. The van der Waals surface area contributed by atoms with Gasteiger partial charge in [0.05, 0.1) is 5.52 Å². The molecule has 0 bridgehead atoms. The van der Waals surface area contributed by atoms with Gasteiger partial charge in [-0.1, -0.05) is 66.7 Å². The van der Waals surface area contributed by atoms with Crippen molar-refractivity contribution in [3.05, 3.63) is 78.5 Å². The molecule has 1 nitrogen and oxygen atoms in total. The van der Waals surface area contributed by atoms with E-state index < -0.39 is 0 Å². The number of hydrogen-bond acceptors (Lipinski definition) is 1. The average molecular weight is 315 g/mol. The van der Waals surface area contributed by atoms with Gasteiger partial charge in [0.2, 0.25) is 0 Å². The largest absolute Gasteiger partial charge is 0.252 e. The Labute approximate surface area is 138 Å². The molecule has 0 aliphatic heterocycles. The van der Waals surface area contributed by atoms with Crippen LogP contribution in [-0.2, 0) is 6.42 Å². The fourth-order valence-electron chi connectivity index (χ4n) is 3.15. The van der Waals surface area contributed by atoms with Crippen LogP contribution in [0.3, 0.4) is 0 Å². The topological polar surface area (TPSA) is 12.9 Å². The maximum absolute atomic E-state index is 4.93. The molecule has 0 radical (unpaired) electrons. The lowest BCUT2D eigenvalue weighted by Crippen LogP contribution is -1.93.